The van der Waals surface area contributed by atoms with Gasteiger partial charge in [0.25, 0.3) is 0 Å². The number of hydrogen-bond acceptors (Lipinski definition) is 7. The van der Waals surface area contributed by atoms with Crippen molar-refractivity contribution in [1.82, 2.24) is 9.97 Å². The van der Waals surface area contributed by atoms with E-state index < -0.39 is 0 Å². The molecule has 1 aromatic heterocycles. The number of carbonyl (C=O) groups excluding carboxylic acids is 1. The highest BCUT2D eigenvalue weighted by molar-refractivity contribution is 5.88. The Labute approximate surface area is 151 Å². The zero-order chi connectivity index (χ0) is 17.9. The summed E-state index contributed by atoms with van der Waals surface area (Å²) >= 11 is 0. The second-order valence-electron chi connectivity index (χ2n) is 6.01. The van der Waals surface area contributed by atoms with Crippen LogP contribution in [0.5, 0.6) is 11.5 Å². The summed E-state index contributed by atoms with van der Waals surface area (Å²) in [7, 11) is 0. The molecular weight excluding hydrogens is 336 g/mol. The maximum absolute atomic E-state index is 11.7. The average Bonchev–Trinajstić information content (AvgIpc) is 3.12. The maximum atomic E-state index is 11.7. The van der Waals surface area contributed by atoms with Gasteiger partial charge >= 0.3 is 6.09 Å². The Bertz CT molecular complexity index is 814. The first-order chi connectivity index (χ1) is 12.7. The number of carbonyl (C=O) groups is 1. The molecule has 0 aliphatic carbocycles. The summed E-state index contributed by atoms with van der Waals surface area (Å²) < 4.78 is 16.2. The standard InChI is InChI=1S/C18H20N4O4/c1-2-13(12-3-4-14-15(11-12)25-10-9-24-14)20-17-19-6-5-16(21-17)22-7-8-26-18(22)23/h3-6,11,13H,2,7-10H2,1H3,(H,19,20,21). The number of nitrogens with zero attached hydrogens (tertiary/aromatic N) is 3. The topological polar surface area (TPSA) is 85.8 Å². The van der Waals surface area contributed by atoms with Crippen LogP contribution >= 0.6 is 0 Å². The number of fused-ring (bicyclic) bond motifs is 1. The van der Waals surface area contributed by atoms with Crippen LogP contribution in [0.2, 0.25) is 0 Å². The third kappa shape index (κ3) is 3.22. The van der Waals surface area contributed by atoms with Crippen molar-refractivity contribution in [2.24, 2.45) is 0 Å². The smallest absolute Gasteiger partial charge is 0.415 e. The van der Waals surface area contributed by atoms with Crippen LogP contribution in [0.15, 0.2) is 30.5 Å². The lowest BCUT2D eigenvalue weighted by Crippen LogP contribution is -2.25. The quantitative estimate of drug-likeness (QED) is 0.881. The van der Waals surface area contributed by atoms with Gasteiger partial charge in [0, 0.05) is 6.20 Å². The Morgan fingerprint density at radius 3 is 2.77 bits per heavy atom. The second kappa shape index (κ2) is 7.07. The van der Waals surface area contributed by atoms with E-state index in [0.29, 0.717) is 38.1 Å². The third-order valence-corrected chi connectivity index (χ3v) is 4.36. The summed E-state index contributed by atoms with van der Waals surface area (Å²) in [5.74, 6) is 2.51. The van der Waals surface area contributed by atoms with Crippen molar-refractivity contribution < 1.29 is 19.0 Å². The van der Waals surface area contributed by atoms with E-state index in [1.54, 1.807) is 12.3 Å². The fourth-order valence-electron chi connectivity index (χ4n) is 3.02. The molecule has 2 aliphatic heterocycles. The van der Waals surface area contributed by atoms with E-state index in [-0.39, 0.29) is 12.1 Å². The van der Waals surface area contributed by atoms with Crippen LogP contribution in [0, 0.1) is 0 Å². The molecule has 1 aromatic carbocycles. The van der Waals surface area contributed by atoms with Crippen LogP contribution in [-0.4, -0.2) is 42.4 Å². The zero-order valence-electron chi connectivity index (χ0n) is 14.5. The third-order valence-electron chi connectivity index (χ3n) is 4.36. The highest BCUT2D eigenvalue weighted by Crippen LogP contribution is 2.34. The number of nitrogens with one attached hydrogen (secondary N) is 1. The highest BCUT2D eigenvalue weighted by atomic mass is 16.6. The molecule has 0 spiro atoms. The van der Waals surface area contributed by atoms with Crippen LogP contribution in [0.4, 0.5) is 16.6 Å². The second-order valence-corrected chi connectivity index (χ2v) is 6.01. The summed E-state index contributed by atoms with van der Waals surface area (Å²) in [5, 5.41) is 3.33. The van der Waals surface area contributed by atoms with Crippen LogP contribution in [-0.2, 0) is 4.74 Å². The number of benzene rings is 1. The van der Waals surface area contributed by atoms with Crippen LogP contribution < -0.4 is 19.7 Å². The fraction of sp³-hybridized carbons (Fsp3) is 0.389. The van der Waals surface area contributed by atoms with Gasteiger partial charge in [0.1, 0.15) is 25.6 Å². The summed E-state index contributed by atoms with van der Waals surface area (Å²) in [6, 6.07) is 7.62. The molecule has 1 unspecified atom stereocenters. The van der Waals surface area contributed by atoms with E-state index in [2.05, 4.69) is 22.2 Å². The minimum atomic E-state index is -0.381. The molecule has 1 atom stereocenters. The molecule has 1 amide bonds. The lowest BCUT2D eigenvalue weighted by Gasteiger charge is -2.22. The van der Waals surface area contributed by atoms with Crippen molar-refractivity contribution in [3.63, 3.8) is 0 Å². The number of aromatic nitrogens is 2. The molecule has 0 saturated carbocycles. The predicted octanol–water partition coefficient (Wildman–Crippen LogP) is 2.77. The van der Waals surface area contributed by atoms with Gasteiger partial charge in [-0.2, -0.15) is 4.98 Å². The molecule has 4 rings (SSSR count). The number of cyclic esters (lactones) is 1. The first-order valence-corrected chi connectivity index (χ1v) is 8.68. The molecule has 1 fully saturated rings. The molecule has 3 heterocycles. The van der Waals surface area contributed by atoms with Crippen molar-refractivity contribution in [3.05, 3.63) is 36.0 Å². The molecule has 8 nitrogen and oxygen atoms in total. The van der Waals surface area contributed by atoms with Crippen molar-refractivity contribution in [2.45, 2.75) is 19.4 Å². The van der Waals surface area contributed by atoms with Gasteiger partial charge in [0.15, 0.2) is 11.5 Å². The molecule has 1 N–H and O–H groups in total. The van der Waals surface area contributed by atoms with E-state index in [1.165, 1.54) is 4.90 Å². The van der Waals surface area contributed by atoms with Gasteiger partial charge in [-0.05, 0) is 30.2 Å². The fourth-order valence-corrected chi connectivity index (χ4v) is 3.02. The number of ether oxygens (including phenoxy) is 3. The Morgan fingerprint density at radius 1 is 1.15 bits per heavy atom. The summed E-state index contributed by atoms with van der Waals surface area (Å²) in [6.45, 7) is 4.07. The number of hydrogen-bond donors (Lipinski definition) is 1. The van der Waals surface area contributed by atoms with E-state index in [0.717, 1.165) is 23.5 Å². The highest BCUT2D eigenvalue weighted by Gasteiger charge is 2.25. The molecule has 136 valence electrons. The molecule has 2 aliphatic rings. The Balaban J connectivity index is 1.54. The van der Waals surface area contributed by atoms with E-state index in [4.69, 9.17) is 14.2 Å². The minimum absolute atomic E-state index is 0.00612. The van der Waals surface area contributed by atoms with E-state index >= 15 is 0 Å². The SMILES string of the molecule is CCC(Nc1nccc(N2CCOC2=O)n1)c1ccc2c(c1)OCCO2. The normalized spacial score (nSPS) is 17.0. The van der Waals surface area contributed by atoms with E-state index in [1.807, 2.05) is 18.2 Å². The zero-order valence-corrected chi connectivity index (χ0v) is 14.5. The molecule has 0 radical (unpaired) electrons. The monoisotopic (exact) mass is 356 g/mol. The van der Waals surface area contributed by atoms with Crippen LogP contribution in [0.25, 0.3) is 0 Å². The summed E-state index contributed by atoms with van der Waals surface area (Å²) in [5.41, 5.74) is 1.06. The van der Waals surface area contributed by atoms with Crippen molar-refractivity contribution in [3.8, 4) is 11.5 Å². The van der Waals surface area contributed by atoms with Crippen molar-refractivity contribution in [1.29, 1.82) is 0 Å². The molecular formula is C18H20N4O4. The van der Waals surface area contributed by atoms with Gasteiger partial charge < -0.3 is 19.5 Å². The summed E-state index contributed by atoms with van der Waals surface area (Å²) in [4.78, 5) is 21.9. The molecule has 1 saturated heterocycles. The van der Waals surface area contributed by atoms with Gasteiger partial charge in [-0.3, -0.25) is 4.90 Å². The minimum Gasteiger partial charge on any atom is -0.486 e. The van der Waals surface area contributed by atoms with Gasteiger partial charge in [-0.15, -0.1) is 0 Å². The lowest BCUT2D eigenvalue weighted by atomic mass is 10.0. The Kier molecular flexibility index (Phi) is 4.47. The van der Waals surface area contributed by atoms with Crippen molar-refractivity contribution in [2.75, 3.05) is 36.6 Å². The van der Waals surface area contributed by atoms with Crippen LogP contribution in [0.3, 0.4) is 0 Å². The number of rotatable bonds is 5. The van der Waals surface area contributed by atoms with E-state index in [9.17, 15) is 4.79 Å². The van der Waals surface area contributed by atoms with Crippen molar-refractivity contribution >= 4 is 17.9 Å². The average molecular weight is 356 g/mol. The Hall–Kier alpha value is -3.03. The molecule has 26 heavy (non-hydrogen) atoms. The lowest BCUT2D eigenvalue weighted by molar-refractivity contribution is 0.171. The van der Waals surface area contributed by atoms with Gasteiger partial charge in [0.05, 0.1) is 12.6 Å². The number of anilines is 2. The molecule has 0 bridgehead atoms. The molecule has 2 aromatic rings. The maximum Gasteiger partial charge on any atom is 0.415 e. The first kappa shape index (κ1) is 16.4. The summed E-state index contributed by atoms with van der Waals surface area (Å²) in [6.07, 6.45) is 2.08. The predicted molar refractivity (Wildman–Crippen MR) is 94.8 cm³/mol. The Morgan fingerprint density at radius 2 is 2.00 bits per heavy atom. The first-order valence-electron chi connectivity index (χ1n) is 8.68. The number of amides is 1. The van der Waals surface area contributed by atoms with Gasteiger partial charge in [-0.25, -0.2) is 9.78 Å². The van der Waals surface area contributed by atoms with Crippen LogP contribution in [0.1, 0.15) is 24.9 Å². The largest absolute Gasteiger partial charge is 0.486 e. The van der Waals surface area contributed by atoms with Gasteiger partial charge in [0.2, 0.25) is 5.95 Å². The van der Waals surface area contributed by atoms with Gasteiger partial charge in [-0.1, -0.05) is 13.0 Å². The molecule has 8 heteroatoms.